The molecule has 58 heavy (non-hydrogen) atoms. The Morgan fingerprint density at radius 2 is 1.57 bits per heavy atom. The summed E-state index contributed by atoms with van der Waals surface area (Å²) < 4.78 is 28.9. The summed E-state index contributed by atoms with van der Waals surface area (Å²) in [4.78, 5) is 81.5. The molecule has 3 aliphatic rings. The van der Waals surface area contributed by atoms with E-state index in [9.17, 15) is 49.5 Å². The molecule has 1 aromatic carbocycles. The smallest absolute Gasteiger partial charge is 0.408 e. The van der Waals surface area contributed by atoms with Crippen LogP contribution in [0.1, 0.15) is 92.4 Å². The summed E-state index contributed by atoms with van der Waals surface area (Å²) in [6, 6.07) is 5.96. The fraction of sp³-hybridized carbons (Fsp3) is 0.659. The normalized spacial score (nSPS) is 32.9. The largest absolute Gasteiger partial charge is 0.456 e. The van der Waals surface area contributed by atoms with Gasteiger partial charge in [-0.1, -0.05) is 39.0 Å². The maximum absolute atomic E-state index is 15.4. The molecule has 1 amide bonds. The van der Waals surface area contributed by atoms with Gasteiger partial charge >= 0.3 is 30.0 Å². The van der Waals surface area contributed by atoms with E-state index in [1.165, 1.54) is 39.8 Å². The van der Waals surface area contributed by atoms with Crippen molar-refractivity contribution >= 4 is 35.8 Å². The number of nitrogens with one attached hydrogen (secondary N) is 1. The second-order valence-electron chi connectivity index (χ2n) is 17.3. The zero-order valence-corrected chi connectivity index (χ0v) is 34.6. The number of carbonyl (C=O) groups is 6. The highest BCUT2D eigenvalue weighted by molar-refractivity contribution is 5.95. The average Bonchev–Trinajstić information content (AvgIpc) is 3.12. The minimum Gasteiger partial charge on any atom is -0.456 e. The zero-order valence-electron chi connectivity index (χ0n) is 34.6. The van der Waals surface area contributed by atoms with Gasteiger partial charge in [0.15, 0.2) is 18.0 Å². The first kappa shape index (κ1) is 46.3. The molecule has 322 valence electrons. The van der Waals surface area contributed by atoms with Gasteiger partial charge in [0.05, 0.1) is 42.3 Å². The van der Waals surface area contributed by atoms with Crippen molar-refractivity contribution in [2.45, 2.75) is 135 Å². The van der Waals surface area contributed by atoms with E-state index >= 15 is 4.79 Å². The molecule has 0 aromatic heterocycles. The monoisotopic (exact) mass is 819 g/mol. The molecule has 0 radical (unpaired) electrons. The van der Waals surface area contributed by atoms with Crippen LogP contribution < -0.4 is 5.32 Å². The molecule has 11 atom stereocenters. The van der Waals surface area contributed by atoms with Gasteiger partial charge in [-0.3, -0.25) is 14.4 Å². The molecule has 1 unspecified atom stereocenters. The molecule has 6 N–H and O–H groups in total. The van der Waals surface area contributed by atoms with Gasteiger partial charge < -0.3 is 54.5 Å². The van der Waals surface area contributed by atoms with Crippen LogP contribution in [0, 0.1) is 22.7 Å². The number of Topliss-reactive ketones (excluding diaryl/α,β-unsaturated/α-hetero) is 1. The molecule has 0 spiro atoms. The number of ketones is 1. The number of aliphatic hydroxyl groups is 5. The van der Waals surface area contributed by atoms with Gasteiger partial charge in [0.2, 0.25) is 0 Å². The van der Waals surface area contributed by atoms with Crippen molar-refractivity contribution in [1.82, 2.24) is 5.32 Å². The van der Waals surface area contributed by atoms with Crippen LogP contribution in [0.3, 0.4) is 0 Å². The molecule has 0 saturated heterocycles. The molecule has 2 saturated carbocycles. The molecular weight excluding hydrogens is 762 g/mol. The highest BCUT2D eigenvalue weighted by Gasteiger charge is 2.75. The lowest BCUT2D eigenvalue weighted by atomic mass is 9.44. The number of rotatable bonds is 10. The van der Waals surface area contributed by atoms with Gasteiger partial charge in [-0.15, -0.1) is 0 Å². The maximum atomic E-state index is 15.4. The van der Waals surface area contributed by atoms with Gasteiger partial charge in [0.1, 0.15) is 29.0 Å². The minimum absolute atomic E-state index is 0.00432. The highest BCUT2D eigenvalue weighted by Crippen LogP contribution is 2.63. The van der Waals surface area contributed by atoms with E-state index in [2.05, 4.69) is 5.32 Å². The van der Waals surface area contributed by atoms with E-state index in [1.807, 2.05) is 0 Å². The van der Waals surface area contributed by atoms with Crippen LogP contribution in [0.2, 0.25) is 0 Å². The first-order valence-electron chi connectivity index (χ1n) is 19.1. The van der Waals surface area contributed by atoms with Crippen LogP contribution >= 0.6 is 0 Å². The zero-order chi connectivity index (χ0) is 43.9. The Morgan fingerprint density at radius 1 is 0.966 bits per heavy atom. The number of fused-ring (bicyclic) bond motifs is 3. The summed E-state index contributed by atoms with van der Waals surface area (Å²) in [6.45, 7) is 12.1. The Balaban J connectivity index is 2.03. The molecule has 17 nitrogen and oxygen atoms in total. The Bertz CT molecular complexity index is 1800. The second-order valence-corrected chi connectivity index (χ2v) is 17.3. The highest BCUT2D eigenvalue weighted by atomic mass is 16.6. The predicted molar refractivity (Wildman–Crippen MR) is 201 cm³/mol. The molecule has 0 aliphatic heterocycles. The average molecular weight is 820 g/mol. The van der Waals surface area contributed by atoms with E-state index < -0.39 is 131 Å². The van der Waals surface area contributed by atoms with Crippen LogP contribution in [-0.2, 0) is 42.9 Å². The summed E-state index contributed by atoms with van der Waals surface area (Å²) in [7, 11) is 0. The topological polar surface area (TPSA) is 262 Å². The third-order valence-electron chi connectivity index (χ3n) is 12.1. The number of aliphatic hydroxyl groups excluding tert-OH is 4. The summed E-state index contributed by atoms with van der Waals surface area (Å²) in [5.74, 6) is -7.96. The number of hydrogen-bond donors (Lipinski definition) is 6. The SMILES string of the molecule is CC(=O)O[C@H]1C(=O)[C@@]2(C)[C@H]([C@H](OC(=O)c3ccccc3)[C@]3(O)CC(OC(=O)[C@H](O)[C@H](CO)NC(=O)OC(C)(C)C)C(C)=C1C3(C)C)[C@@](CO)(OC(C)=O)[C@H](C)C[C@@H]2O. The van der Waals surface area contributed by atoms with Gasteiger partial charge in [-0.05, 0) is 64.3 Å². The fourth-order valence-electron chi connectivity index (χ4n) is 9.08. The van der Waals surface area contributed by atoms with Gasteiger partial charge in [0.25, 0.3) is 0 Å². The third kappa shape index (κ3) is 8.24. The number of benzene rings is 1. The Kier molecular flexibility index (Phi) is 13.3. The van der Waals surface area contributed by atoms with E-state index in [4.69, 9.17) is 23.7 Å². The Labute approximate surface area is 337 Å². The lowest BCUT2D eigenvalue weighted by molar-refractivity contribution is -0.280. The molecule has 2 bridgehead atoms. The molecule has 1 aromatic rings. The standard InChI is InChI=1S/C41H57NO16/c1-20-16-27(47)39(10)31(40(20,19-44)57-23(4)46)33(56-34(50)24-14-12-11-13-15-24)41(53)17-26(21(2)28(38(41,8)9)30(32(39)49)54-22(3)45)55-35(51)29(48)25(18-43)42-36(52)58-37(5,6)7/h11-15,20,25-27,29-31,33,43-44,47-48,53H,16-19H2,1-10H3,(H,42,52)/t20-,25+,26?,27+,29-,30-,31+,33+,39-,40+,41-/m1/s1. The molecule has 0 heterocycles. The van der Waals surface area contributed by atoms with Crippen LogP contribution in [-0.4, -0.2) is 128 Å². The quantitative estimate of drug-likeness (QED) is 0.111. The number of hydrogen-bond acceptors (Lipinski definition) is 16. The van der Waals surface area contributed by atoms with Crippen molar-refractivity contribution in [1.29, 1.82) is 0 Å². The summed E-state index contributed by atoms with van der Waals surface area (Å²) in [5.41, 5.74) is -9.57. The molecule has 3 aliphatic carbocycles. The molecule has 17 heteroatoms. The van der Waals surface area contributed by atoms with E-state index in [1.54, 1.807) is 45.9 Å². The first-order valence-corrected chi connectivity index (χ1v) is 19.1. The van der Waals surface area contributed by atoms with Gasteiger partial charge in [0, 0.05) is 31.6 Å². The van der Waals surface area contributed by atoms with Gasteiger partial charge in [-0.2, -0.15) is 0 Å². The number of amides is 1. The Morgan fingerprint density at radius 3 is 2.09 bits per heavy atom. The maximum Gasteiger partial charge on any atom is 0.408 e. The minimum atomic E-state index is -2.50. The number of alkyl carbamates (subject to hydrolysis) is 1. The van der Waals surface area contributed by atoms with Crippen LogP contribution in [0.15, 0.2) is 41.5 Å². The fourth-order valence-corrected chi connectivity index (χ4v) is 9.08. The number of esters is 4. The third-order valence-corrected chi connectivity index (χ3v) is 12.1. The van der Waals surface area contributed by atoms with E-state index in [-0.39, 0.29) is 23.1 Å². The van der Waals surface area contributed by atoms with Crippen LogP contribution in [0.25, 0.3) is 0 Å². The number of ether oxygens (including phenoxy) is 5. The van der Waals surface area contributed by atoms with Gasteiger partial charge in [-0.25, -0.2) is 14.4 Å². The van der Waals surface area contributed by atoms with Crippen molar-refractivity contribution in [3.8, 4) is 0 Å². The number of carbonyl (C=O) groups excluding carboxylic acids is 6. The molecule has 4 rings (SSSR count). The molecular formula is C41H57NO16. The summed E-state index contributed by atoms with van der Waals surface area (Å²) in [6.07, 6.45) is -11.2. The summed E-state index contributed by atoms with van der Waals surface area (Å²) in [5, 5.41) is 60.1. The second kappa shape index (κ2) is 16.7. The predicted octanol–water partition coefficient (Wildman–Crippen LogP) is 1.68. The van der Waals surface area contributed by atoms with Crippen molar-refractivity contribution < 1.29 is 78.0 Å². The van der Waals surface area contributed by atoms with E-state index in [0.717, 1.165) is 13.8 Å². The van der Waals surface area contributed by atoms with Crippen LogP contribution in [0.4, 0.5) is 4.79 Å². The lowest BCUT2D eigenvalue weighted by Gasteiger charge is -2.64. The Hall–Kier alpha value is -4.42. The van der Waals surface area contributed by atoms with Crippen LogP contribution in [0.5, 0.6) is 0 Å². The van der Waals surface area contributed by atoms with Crippen molar-refractivity contribution in [3.05, 3.63) is 47.0 Å². The lowest BCUT2D eigenvalue weighted by Crippen LogP contribution is -2.77. The van der Waals surface area contributed by atoms with Crippen molar-refractivity contribution in [2.75, 3.05) is 13.2 Å². The molecule has 2 fully saturated rings. The first-order chi connectivity index (χ1) is 26.7. The summed E-state index contributed by atoms with van der Waals surface area (Å²) >= 11 is 0. The van der Waals surface area contributed by atoms with E-state index in [0.29, 0.717) is 0 Å². The van der Waals surface area contributed by atoms with Crippen molar-refractivity contribution in [2.24, 2.45) is 22.7 Å². The van der Waals surface area contributed by atoms with Crippen molar-refractivity contribution in [3.63, 3.8) is 0 Å².